The Kier molecular flexibility index (Phi) is 3.62. The third-order valence-corrected chi connectivity index (χ3v) is 3.04. The van der Waals surface area contributed by atoms with Crippen molar-refractivity contribution < 1.29 is 4.79 Å². The van der Waals surface area contributed by atoms with E-state index in [2.05, 4.69) is 15.5 Å². The number of hydrazone groups is 1. The second kappa shape index (κ2) is 5.36. The number of amides is 1. The maximum absolute atomic E-state index is 11.6. The van der Waals surface area contributed by atoms with E-state index in [9.17, 15) is 4.79 Å². The summed E-state index contributed by atoms with van der Waals surface area (Å²) >= 11 is 1.59. The van der Waals surface area contributed by atoms with E-state index >= 15 is 0 Å². The van der Waals surface area contributed by atoms with Crippen molar-refractivity contribution in [3.63, 3.8) is 0 Å². The largest absolute Gasteiger partial charge is 0.271 e. The zero-order valence-electron chi connectivity index (χ0n) is 9.25. The number of thiophene rings is 1. The fourth-order valence-electron chi connectivity index (χ4n) is 1.24. The Morgan fingerprint density at radius 1 is 1.47 bits per heavy atom. The number of nitrogens with zero attached hydrogens (tertiary/aromatic N) is 2. The topological polar surface area (TPSA) is 54.4 Å². The number of rotatable bonds is 3. The highest BCUT2D eigenvalue weighted by Crippen LogP contribution is 2.10. The maximum atomic E-state index is 11.6. The van der Waals surface area contributed by atoms with Crippen molar-refractivity contribution in [2.24, 2.45) is 5.10 Å². The third-order valence-electron chi connectivity index (χ3n) is 2.05. The first-order valence-electron chi connectivity index (χ1n) is 5.04. The molecule has 2 aromatic heterocycles. The molecule has 0 aliphatic rings. The Hall–Kier alpha value is -2.01. The standard InChI is InChI=1S/C12H11N3OS/c1-9-6-11(17-8-9)7-14-15-12(16)10-2-4-13-5-3-10/h2-8H,1H3,(H,15,16)/b14-7+. The molecule has 0 radical (unpaired) electrons. The molecule has 0 aliphatic heterocycles. The molecule has 0 atom stereocenters. The van der Waals surface area contributed by atoms with Crippen LogP contribution < -0.4 is 5.43 Å². The quantitative estimate of drug-likeness (QED) is 0.666. The van der Waals surface area contributed by atoms with E-state index in [0.717, 1.165) is 4.88 Å². The minimum Gasteiger partial charge on any atom is -0.267 e. The van der Waals surface area contributed by atoms with Crippen molar-refractivity contribution in [1.29, 1.82) is 0 Å². The van der Waals surface area contributed by atoms with Crippen LogP contribution in [0, 0.1) is 6.92 Å². The molecule has 2 aromatic rings. The van der Waals surface area contributed by atoms with Gasteiger partial charge in [0, 0.05) is 22.8 Å². The summed E-state index contributed by atoms with van der Waals surface area (Å²) in [6.45, 7) is 2.02. The van der Waals surface area contributed by atoms with Crippen LogP contribution in [0.15, 0.2) is 41.1 Å². The van der Waals surface area contributed by atoms with Gasteiger partial charge in [0.1, 0.15) is 0 Å². The Morgan fingerprint density at radius 3 is 2.88 bits per heavy atom. The summed E-state index contributed by atoms with van der Waals surface area (Å²) in [5.41, 5.74) is 4.20. The van der Waals surface area contributed by atoms with Crippen LogP contribution in [0.4, 0.5) is 0 Å². The monoisotopic (exact) mass is 245 g/mol. The lowest BCUT2D eigenvalue weighted by molar-refractivity contribution is 0.0955. The van der Waals surface area contributed by atoms with Gasteiger partial charge in [-0.1, -0.05) is 0 Å². The van der Waals surface area contributed by atoms with E-state index in [1.807, 2.05) is 18.4 Å². The van der Waals surface area contributed by atoms with Gasteiger partial charge < -0.3 is 0 Å². The Morgan fingerprint density at radius 2 is 2.24 bits per heavy atom. The van der Waals surface area contributed by atoms with Crippen molar-refractivity contribution in [2.75, 3.05) is 0 Å². The third kappa shape index (κ3) is 3.22. The average Bonchev–Trinajstić information content (AvgIpc) is 2.76. The molecular weight excluding hydrogens is 234 g/mol. The van der Waals surface area contributed by atoms with E-state index in [0.29, 0.717) is 5.56 Å². The predicted molar refractivity (Wildman–Crippen MR) is 68.4 cm³/mol. The number of hydrogen-bond acceptors (Lipinski definition) is 4. The molecule has 0 spiro atoms. The Bertz CT molecular complexity index is 534. The molecule has 17 heavy (non-hydrogen) atoms. The molecule has 2 heterocycles. The van der Waals surface area contributed by atoms with Gasteiger partial charge in [0.25, 0.3) is 5.91 Å². The van der Waals surface area contributed by atoms with Crippen LogP contribution in [-0.2, 0) is 0 Å². The highest BCUT2D eigenvalue weighted by atomic mass is 32.1. The van der Waals surface area contributed by atoms with E-state index in [4.69, 9.17) is 0 Å². The molecule has 1 amide bonds. The van der Waals surface area contributed by atoms with Crippen molar-refractivity contribution in [2.45, 2.75) is 6.92 Å². The highest BCUT2D eigenvalue weighted by Gasteiger charge is 2.01. The summed E-state index contributed by atoms with van der Waals surface area (Å²) in [5.74, 6) is -0.239. The molecule has 0 saturated heterocycles. The van der Waals surface area contributed by atoms with Crippen LogP contribution in [0.3, 0.4) is 0 Å². The van der Waals surface area contributed by atoms with Gasteiger partial charge in [0.05, 0.1) is 6.21 Å². The van der Waals surface area contributed by atoms with Crippen molar-refractivity contribution in [3.05, 3.63) is 52.0 Å². The van der Waals surface area contributed by atoms with Crippen molar-refractivity contribution in [1.82, 2.24) is 10.4 Å². The number of hydrogen-bond donors (Lipinski definition) is 1. The summed E-state index contributed by atoms with van der Waals surface area (Å²) in [6, 6.07) is 5.28. The first-order chi connectivity index (χ1) is 8.25. The van der Waals surface area contributed by atoms with E-state index in [-0.39, 0.29) is 5.91 Å². The van der Waals surface area contributed by atoms with Gasteiger partial charge in [0.2, 0.25) is 0 Å². The van der Waals surface area contributed by atoms with Gasteiger partial charge in [0.15, 0.2) is 0 Å². The van der Waals surface area contributed by atoms with Gasteiger partial charge in [-0.05, 0) is 36.1 Å². The first kappa shape index (κ1) is 11.5. The minimum absolute atomic E-state index is 0.239. The first-order valence-corrected chi connectivity index (χ1v) is 5.92. The zero-order chi connectivity index (χ0) is 12.1. The Balaban J connectivity index is 1.95. The lowest BCUT2D eigenvalue weighted by Crippen LogP contribution is -2.17. The summed E-state index contributed by atoms with van der Waals surface area (Å²) in [5, 5.41) is 5.93. The summed E-state index contributed by atoms with van der Waals surface area (Å²) < 4.78 is 0. The molecule has 0 fully saturated rings. The smallest absolute Gasteiger partial charge is 0.267 e. The van der Waals surface area contributed by atoms with Crippen LogP contribution in [-0.4, -0.2) is 17.1 Å². The molecule has 0 aromatic carbocycles. The molecule has 0 bridgehead atoms. The summed E-state index contributed by atoms with van der Waals surface area (Å²) in [6.07, 6.45) is 4.78. The molecule has 1 N–H and O–H groups in total. The fraction of sp³-hybridized carbons (Fsp3) is 0.0833. The number of carbonyl (C=O) groups excluding carboxylic acids is 1. The molecule has 2 rings (SSSR count). The molecular formula is C12H11N3OS. The van der Waals surface area contributed by atoms with Crippen LogP contribution >= 0.6 is 11.3 Å². The summed E-state index contributed by atoms with van der Waals surface area (Å²) in [4.78, 5) is 16.4. The van der Waals surface area contributed by atoms with Crippen molar-refractivity contribution >= 4 is 23.5 Å². The average molecular weight is 245 g/mol. The second-order valence-electron chi connectivity index (χ2n) is 3.46. The zero-order valence-corrected chi connectivity index (χ0v) is 10.1. The van der Waals surface area contributed by atoms with Crippen LogP contribution in [0.25, 0.3) is 0 Å². The van der Waals surface area contributed by atoms with Crippen molar-refractivity contribution in [3.8, 4) is 0 Å². The highest BCUT2D eigenvalue weighted by molar-refractivity contribution is 7.11. The van der Waals surface area contributed by atoms with E-state index < -0.39 is 0 Å². The molecule has 86 valence electrons. The minimum atomic E-state index is -0.239. The van der Waals surface area contributed by atoms with Gasteiger partial charge in [-0.2, -0.15) is 5.10 Å². The molecule has 0 aliphatic carbocycles. The molecule has 0 saturated carbocycles. The predicted octanol–water partition coefficient (Wildman–Crippen LogP) is 2.22. The number of nitrogens with one attached hydrogen (secondary N) is 1. The normalized spacial score (nSPS) is 10.6. The van der Waals surface area contributed by atoms with E-state index in [1.165, 1.54) is 5.56 Å². The fourth-order valence-corrected chi connectivity index (χ4v) is 2.00. The summed E-state index contributed by atoms with van der Waals surface area (Å²) in [7, 11) is 0. The number of aryl methyl sites for hydroxylation is 1. The SMILES string of the molecule is Cc1csc(/C=N/NC(=O)c2ccncc2)c1. The van der Waals surface area contributed by atoms with Crippen LogP contribution in [0.2, 0.25) is 0 Å². The second-order valence-corrected chi connectivity index (χ2v) is 4.40. The van der Waals surface area contributed by atoms with Crippen LogP contribution in [0.5, 0.6) is 0 Å². The Labute approximate surface area is 103 Å². The van der Waals surface area contributed by atoms with Gasteiger partial charge >= 0.3 is 0 Å². The molecule has 5 heteroatoms. The number of aromatic nitrogens is 1. The molecule has 4 nitrogen and oxygen atoms in total. The molecule has 0 unspecified atom stereocenters. The number of pyridine rings is 1. The van der Waals surface area contributed by atoms with Gasteiger partial charge in [-0.15, -0.1) is 11.3 Å². The van der Waals surface area contributed by atoms with Crippen LogP contribution in [0.1, 0.15) is 20.8 Å². The van der Waals surface area contributed by atoms with Gasteiger partial charge in [-0.25, -0.2) is 5.43 Å². The number of carbonyl (C=O) groups is 1. The van der Waals surface area contributed by atoms with Gasteiger partial charge in [-0.3, -0.25) is 9.78 Å². The maximum Gasteiger partial charge on any atom is 0.271 e. The van der Waals surface area contributed by atoms with E-state index in [1.54, 1.807) is 42.1 Å². The lowest BCUT2D eigenvalue weighted by atomic mass is 10.3. The lowest BCUT2D eigenvalue weighted by Gasteiger charge is -1.97.